The lowest BCUT2D eigenvalue weighted by Gasteiger charge is -2.29. The molecule has 208 valence electrons. The van der Waals surface area contributed by atoms with Crippen molar-refractivity contribution in [2.45, 2.75) is 64.1 Å². The minimum Gasteiger partial charge on any atom is -0.494 e. The van der Waals surface area contributed by atoms with Crippen molar-refractivity contribution >= 4 is 5.97 Å². The fourth-order valence-electron chi connectivity index (χ4n) is 4.49. The largest absolute Gasteiger partial charge is 0.494 e. The first-order valence-corrected chi connectivity index (χ1v) is 14.0. The summed E-state index contributed by atoms with van der Waals surface area (Å²) in [5, 5.41) is 0. The van der Waals surface area contributed by atoms with Crippen LogP contribution in [0.15, 0.2) is 61.2 Å². The molecule has 3 rings (SSSR count). The van der Waals surface area contributed by atoms with Gasteiger partial charge in [-0.2, -0.15) is 0 Å². The van der Waals surface area contributed by atoms with Crippen molar-refractivity contribution in [1.82, 2.24) is 0 Å². The zero-order chi connectivity index (χ0) is 26.8. The fourth-order valence-corrected chi connectivity index (χ4v) is 4.49. The van der Waals surface area contributed by atoms with Crippen LogP contribution in [0, 0.1) is 5.92 Å². The highest BCUT2D eigenvalue weighted by Crippen LogP contribution is 2.30. The Labute approximate surface area is 228 Å². The molecular formula is C32H44O6. The predicted molar refractivity (Wildman–Crippen MR) is 150 cm³/mol. The predicted octanol–water partition coefficient (Wildman–Crippen LogP) is 7.28. The summed E-state index contributed by atoms with van der Waals surface area (Å²) in [5.41, 5.74) is 3.37. The van der Waals surface area contributed by atoms with Crippen LogP contribution in [-0.2, 0) is 23.7 Å². The number of ether oxygens (including phenoxy) is 5. The molecule has 0 saturated carbocycles. The van der Waals surface area contributed by atoms with E-state index in [9.17, 15) is 4.79 Å². The number of carbonyl (C=O) groups excluding carboxylic acids is 1. The quantitative estimate of drug-likeness (QED) is 0.116. The van der Waals surface area contributed by atoms with Gasteiger partial charge in [0.25, 0.3) is 0 Å². The SMILES string of the molecule is C=CC(=O)OCCCCCCC1COC(c2ccc(-c3ccc(OCCCCCCOC)cc3)cc2)OC1. The minimum atomic E-state index is -0.346. The number of benzene rings is 2. The third-order valence-corrected chi connectivity index (χ3v) is 6.77. The van der Waals surface area contributed by atoms with Crippen LogP contribution in [0.3, 0.4) is 0 Å². The second-order valence-corrected chi connectivity index (χ2v) is 9.84. The highest BCUT2D eigenvalue weighted by molar-refractivity contribution is 5.81. The van der Waals surface area contributed by atoms with E-state index in [1.807, 2.05) is 12.1 Å². The minimum absolute atomic E-state index is 0.301. The number of carbonyl (C=O) groups is 1. The molecular weight excluding hydrogens is 480 g/mol. The second-order valence-electron chi connectivity index (χ2n) is 9.84. The lowest BCUT2D eigenvalue weighted by molar-refractivity contribution is -0.206. The lowest BCUT2D eigenvalue weighted by Crippen LogP contribution is -2.27. The topological polar surface area (TPSA) is 63.2 Å². The van der Waals surface area contributed by atoms with E-state index in [0.29, 0.717) is 12.5 Å². The van der Waals surface area contributed by atoms with Gasteiger partial charge in [-0.15, -0.1) is 0 Å². The van der Waals surface area contributed by atoms with Gasteiger partial charge in [0.05, 0.1) is 26.4 Å². The Balaban J connectivity index is 1.31. The lowest BCUT2D eigenvalue weighted by atomic mass is 10.0. The Kier molecular flexibility index (Phi) is 14.0. The second kappa shape index (κ2) is 17.8. The maximum atomic E-state index is 11.0. The van der Waals surface area contributed by atoms with Gasteiger partial charge in [0.15, 0.2) is 6.29 Å². The zero-order valence-corrected chi connectivity index (χ0v) is 22.9. The third-order valence-electron chi connectivity index (χ3n) is 6.77. The normalized spacial score (nSPS) is 17.2. The summed E-state index contributed by atoms with van der Waals surface area (Å²) in [6.45, 7) is 6.89. The molecule has 0 amide bonds. The molecule has 1 saturated heterocycles. The summed E-state index contributed by atoms with van der Waals surface area (Å²) < 4.78 is 28.0. The van der Waals surface area contributed by atoms with Crippen molar-refractivity contribution in [2.24, 2.45) is 5.92 Å². The van der Waals surface area contributed by atoms with Gasteiger partial charge in [-0.3, -0.25) is 0 Å². The third kappa shape index (κ3) is 11.0. The standard InChI is InChI=1S/C32H44O6/c1-3-31(33)36-23-11-5-4-8-12-26-24-37-32(38-25-26)29-15-13-27(14-16-29)28-17-19-30(20-18-28)35-22-10-7-6-9-21-34-2/h3,13-20,26,32H,1,4-12,21-25H2,2H3. The van der Waals surface area contributed by atoms with Crippen LogP contribution in [0.1, 0.15) is 69.6 Å². The summed E-state index contributed by atoms with van der Waals surface area (Å²) >= 11 is 0. The monoisotopic (exact) mass is 524 g/mol. The molecule has 6 heteroatoms. The van der Waals surface area contributed by atoms with Crippen molar-refractivity contribution in [2.75, 3.05) is 40.1 Å². The van der Waals surface area contributed by atoms with Crippen molar-refractivity contribution in [3.05, 3.63) is 66.7 Å². The Bertz CT molecular complexity index is 916. The van der Waals surface area contributed by atoms with Gasteiger partial charge in [-0.25, -0.2) is 4.79 Å². The molecule has 0 aromatic heterocycles. The van der Waals surface area contributed by atoms with E-state index in [0.717, 1.165) is 93.8 Å². The van der Waals surface area contributed by atoms with Crippen LogP contribution in [0.4, 0.5) is 0 Å². The highest BCUT2D eigenvalue weighted by atomic mass is 16.7. The van der Waals surface area contributed by atoms with Gasteiger partial charge in [0.1, 0.15) is 5.75 Å². The smallest absolute Gasteiger partial charge is 0.330 e. The van der Waals surface area contributed by atoms with Gasteiger partial charge in [-0.05, 0) is 55.4 Å². The number of methoxy groups -OCH3 is 1. The first-order valence-electron chi connectivity index (χ1n) is 14.0. The molecule has 2 aromatic rings. The summed E-state index contributed by atoms with van der Waals surface area (Å²) in [5.74, 6) is 0.997. The van der Waals surface area contributed by atoms with E-state index in [4.69, 9.17) is 23.7 Å². The molecule has 0 N–H and O–H groups in total. The van der Waals surface area contributed by atoms with Crippen molar-refractivity contribution in [1.29, 1.82) is 0 Å². The van der Waals surface area contributed by atoms with E-state index in [1.54, 1.807) is 7.11 Å². The molecule has 1 fully saturated rings. The van der Waals surface area contributed by atoms with Crippen LogP contribution < -0.4 is 4.74 Å². The Morgan fingerprint density at radius 1 is 0.816 bits per heavy atom. The maximum absolute atomic E-state index is 11.0. The van der Waals surface area contributed by atoms with E-state index in [-0.39, 0.29) is 12.3 Å². The first-order chi connectivity index (χ1) is 18.7. The molecule has 0 atom stereocenters. The Hall–Kier alpha value is -2.67. The Morgan fingerprint density at radius 3 is 2.03 bits per heavy atom. The molecule has 38 heavy (non-hydrogen) atoms. The molecule has 0 radical (unpaired) electrons. The van der Waals surface area contributed by atoms with E-state index < -0.39 is 0 Å². The van der Waals surface area contributed by atoms with Crippen LogP contribution in [0.25, 0.3) is 11.1 Å². The van der Waals surface area contributed by atoms with Crippen LogP contribution in [0.5, 0.6) is 5.75 Å². The highest BCUT2D eigenvalue weighted by Gasteiger charge is 2.23. The molecule has 0 bridgehead atoms. The molecule has 2 aromatic carbocycles. The van der Waals surface area contributed by atoms with Gasteiger partial charge in [0, 0.05) is 31.3 Å². The van der Waals surface area contributed by atoms with Crippen LogP contribution in [0.2, 0.25) is 0 Å². The van der Waals surface area contributed by atoms with E-state index in [2.05, 4.69) is 43.0 Å². The molecule has 1 aliphatic heterocycles. The average Bonchev–Trinajstić information content (AvgIpc) is 2.97. The molecule has 0 aliphatic carbocycles. The summed E-state index contributed by atoms with van der Waals surface area (Å²) in [6.07, 6.45) is 10.7. The van der Waals surface area contributed by atoms with Gasteiger partial charge >= 0.3 is 5.97 Å². The van der Waals surface area contributed by atoms with Gasteiger partial charge in [-0.1, -0.05) is 68.7 Å². The van der Waals surface area contributed by atoms with Crippen molar-refractivity contribution in [3.63, 3.8) is 0 Å². The molecule has 1 heterocycles. The molecule has 1 aliphatic rings. The molecule has 0 unspecified atom stereocenters. The van der Waals surface area contributed by atoms with Crippen molar-refractivity contribution < 1.29 is 28.5 Å². The zero-order valence-electron chi connectivity index (χ0n) is 22.9. The van der Waals surface area contributed by atoms with Crippen LogP contribution >= 0.6 is 0 Å². The fraction of sp³-hybridized carbons (Fsp3) is 0.531. The van der Waals surface area contributed by atoms with Gasteiger partial charge in [0.2, 0.25) is 0 Å². The summed E-state index contributed by atoms with van der Waals surface area (Å²) in [4.78, 5) is 11.0. The number of unbranched alkanes of at least 4 members (excludes halogenated alkanes) is 6. The summed E-state index contributed by atoms with van der Waals surface area (Å²) in [6, 6.07) is 16.7. The number of hydrogen-bond acceptors (Lipinski definition) is 6. The first kappa shape index (κ1) is 29.9. The van der Waals surface area contributed by atoms with E-state index in [1.165, 1.54) is 18.9 Å². The van der Waals surface area contributed by atoms with Gasteiger partial charge < -0.3 is 23.7 Å². The number of hydrogen-bond donors (Lipinski definition) is 0. The number of rotatable bonds is 18. The number of esters is 1. The van der Waals surface area contributed by atoms with E-state index >= 15 is 0 Å². The molecule has 0 spiro atoms. The van der Waals surface area contributed by atoms with Crippen molar-refractivity contribution in [3.8, 4) is 16.9 Å². The van der Waals surface area contributed by atoms with Crippen LogP contribution in [-0.4, -0.2) is 46.1 Å². The Morgan fingerprint density at radius 2 is 1.39 bits per heavy atom. The molecule has 6 nitrogen and oxygen atoms in total. The maximum Gasteiger partial charge on any atom is 0.330 e. The average molecular weight is 525 g/mol. The summed E-state index contributed by atoms with van der Waals surface area (Å²) in [7, 11) is 1.75.